The van der Waals surface area contributed by atoms with Gasteiger partial charge in [-0.1, -0.05) is 0 Å². The van der Waals surface area contributed by atoms with E-state index >= 15 is 0 Å². The molecule has 0 bridgehead atoms. The summed E-state index contributed by atoms with van der Waals surface area (Å²) in [6, 6.07) is 3.95. The van der Waals surface area contributed by atoms with Crippen molar-refractivity contribution in [2.75, 3.05) is 0 Å². The molecule has 1 aliphatic carbocycles. The monoisotopic (exact) mass is 264 g/mol. The molecular weight excluding hydrogens is 250 g/mol. The number of carbonyl (C=O) groups is 1. The minimum absolute atomic E-state index is 0.198. The van der Waals surface area contributed by atoms with Crippen LogP contribution in [0.4, 0.5) is 8.78 Å². The third-order valence-corrected chi connectivity index (χ3v) is 3.52. The SMILES string of the molecule is Cc1cc(C(=O)NC2(C#N)CCCC2)c(F)cc1F. The van der Waals surface area contributed by atoms with E-state index in [1.165, 1.54) is 13.0 Å². The van der Waals surface area contributed by atoms with Crippen molar-refractivity contribution in [2.45, 2.75) is 38.1 Å². The van der Waals surface area contributed by atoms with E-state index in [2.05, 4.69) is 11.4 Å². The smallest absolute Gasteiger partial charge is 0.255 e. The zero-order valence-electron chi connectivity index (χ0n) is 10.6. The normalized spacial score (nSPS) is 16.9. The molecule has 1 N–H and O–H groups in total. The van der Waals surface area contributed by atoms with Gasteiger partial charge in [0.1, 0.15) is 17.2 Å². The van der Waals surface area contributed by atoms with Crippen LogP contribution in [0.5, 0.6) is 0 Å². The van der Waals surface area contributed by atoms with Gasteiger partial charge in [-0.25, -0.2) is 8.78 Å². The average Bonchev–Trinajstić information content (AvgIpc) is 2.83. The van der Waals surface area contributed by atoms with Crippen molar-refractivity contribution in [3.8, 4) is 6.07 Å². The largest absolute Gasteiger partial charge is 0.334 e. The van der Waals surface area contributed by atoms with Gasteiger partial charge in [-0.3, -0.25) is 4.79 Å². The van der Waals surface area contributed by atoms with Crippen molar-refractivity contribution < 1.29 is 13.6 Å². The molecule has 0 heterocycles. The Morgan fingerprint density at radius 1 is 1.32 bits per heavy atom. The molecule has 1 aromatic rings. The maximum absolute atomic E-state index is 13.6. The fourth-order valence-electron chi connectivity index (χ4n) is 2.36. The summed E-state index contributed by atoms with van der Waals surface area (Å²) < 4.78 is 26.7. The predicted octanol–water partition coefficient (Wildman–Crippen LogP) is 2.84. The van der Waals surface area contributed by atoms with Gasteiger partial charge in [0.25, 0.3) is 5.91 Å². The van der Waals surface area contributed by atoms with Crippen LogP contribution < -0.4 is 5.32 Å². The van der Waals surface area contributed by atoms with Gasteiger partial charge in [0.2, 0.25) is 0 Å². The molecule has 2 rings (SSSR count). The molecule has 0 unspecified atom stereocenters. The highest BCUT2D eigenvalue weighted by molar-refractivity contribution is 5.95. The van der Waals surface area contributed by atoms with Gasteiger partial charge in [-0.05, 0) is 44.2 Å². The molecule has 1 aromatic carbocycles. The minimum Gasteiger partial charge on any atom is -0.334 e. The first-order chi connectivity index (χ1) is 8.97. The van der Waals surface area contributed by atoms with E-state index in [1.807, 2.05) is 0 Å². The first-order valence-electron chi connectivity index (χ1n) is 6.17. The fourth-order valence-corrected chi connectivity index (χ4v) is 2.36. The van der Waals surface area contributed by atoms with Crippen LogP contribution in [0.1, 0.15) is 41.6 Å². The Morgan fingerprint density at radius 2 is 1.95 bits per heavy atom. The molecule has 1 fully saturated rings. The van der Waals surface area contributed by atoms with E-state index in [-0.39, 0.29) is 11.1 Å². The van der Waals surface area contributed by atoms with Crippen molar-refractivity contribution in [1.82, 2.24) is 5.32 Å². The summed E-state index contributed by atoms with van der Waals surface area (Å²) in [5.41, 5.74) is -0.935. The Balaban J connectivity index is 2.26. The number of nitriles is 1. The van der Waals surface area contributed by atoms with Crippen molar-refractivity contribution in [2.24, 2.45) is 0 Å². The number of benzene rings is 1. The van der Waals surface area contributed by atoms with Gasteiger partial charge in [-0.2, -0.15) is 5.26 Å². The van der Waals surface area contributed by atoms with Crippen LogP contribution in [0.3, 0.4) is 0 Å². The number of rotatable bonds is 2. The second kappa shape index (κ2) is 4.96. The molecule has 3 nitrogen and oxygen atoms in total. The second-order valence-electron chi connectivity index (χ2n) is 4.94. The third-order valence-electron chi connectivity index (χ3n) is 3.52. The van der Waals surface area contributed by atoms with Gasteiger partial charge in [0.15, 0.2) is 0 Å². The summed E-state index contributed by atoms with van der Waals surface area (Å²) in [4.78, 5) is 12.0. The van der Waals surface area contributed by atoms with Crippen LogP contribution >= 0.6 is 0 Å². The zero-order chi connectivity index (χ0) is 14.0. The second-order valence-corrected chi connectivity index (χ2v) is 4.94. The van der Waals surface area contributed by atoms with Gasteiger partial charge < -0.3 is 5.32 Å². The number of halogens is 2. The van der Waals surface area contributed by atoms with Crippen LogP contribution in [-0.4, -0.2) is 11.4 Å². The molecule has 0 radical (unpaired) electrons. The van der Waals surface area contributed by atoms with Crippen LogP contribution in [0.15, 0.2) is 12.1 Å². The zero-order valence-corrected chi connectivity index (χ0v) is 10.6. The molecule has 100 valence electrons. The summed E-state index contributed by atoms with van der Waals surface area (Å²) in [6.45, 7) is 1.46. The highest BCUT2D eigenvalue weighted by Crippen LogP contribution is 2.29. The highest BCUT2D eigenvalue weighted by Gasteiger charge is 2.36. The van der Waals surface area contributed by atoms with E-state index in [0.717, 1.165) is 12.8 Å². The number of hydrogen-bond donors (Lipinski definition) is 1. The lowest BCUT2D eigenvalue weighted by Crippen LogP contribution is -2.45. The Morgan fingerprint density at radius 3 is 2.53 bits per heavy atom. The molecule has 0 aromatic heterocycles. The lowest BCUT2D eigenvalue weighted by atomic mass is 9.99. The maximum atomic E-state index is 13.6. The molecule has 0 saturated heterocycles. The molecule has 0 atom stereocenters. The van der Waals surface area contributed by atoms with Gasteiger partial charge in [0, 0.05) is 6.07 Å². The van der Waals surface area contributed by atoms with Crippen LogP contribution in [0.25, 0.3) is 0 Å². The summed E-state index contributed by atoms with van der Waals surface area (Å²) in [5.74, 6) is -2.26. The summed E-state index contributed by atoms with van der Waals surface area (Å²) in [6.07, 6.45) is 2.85. The molecule has 1 aliphatic rings. The quantitative estimate of drug-likeness (QED) is 0.893. The van der Waals surface area contributed by atoms with E-state index in [0.29, 0.717) is 18.9 Å². The Hall–Kier alpha value is -1.96. The van der Waals surface area contributed by atoms with E-state index in [4.69, 9.17) is 5.26 Å². The summed E-state index contributed by atoms with van der Waals surface area (Å²) in [5, 5.41) is 11.7. The van der Waals surface area contributed by atoms with Crippen LogP contribution in [0.2, 0.25) is 0 Å². The minimum atomic E-state index is -0.911. The molecule has 0 spiro atoms. The van der Waals surface area contributed by atoms with Crippen molar-refractivity contribution in [3.05, 3.63) is 34.9 Å². The summed E-state index contributed by atoms with van der Waals surface area (Å²) in [7, 11) is 0. The summed E-state index contributed by atoms with van der Waals surface area (Å²) >= 11 is 0. The number of carbonyl (C=O) groups excluding carboxylic acids is 1. The lowest BCUT2D eigenvalue weighted by Gasteiger charge is -2.22. The van der Waals surface area contributed by atoms with Crippen LogP contribution in [0, 0.1) is 29.9 Å². The first-order valence-corrected chi connectivity index (χ1v) is 6.17. The predicted molar refractivity (Wildman–Crippen MR) is 65.4 cm³/mol. The third kappa shape index (κ3) is 2.58. The standard InChI is InChI=1S/C14H14F2N2O/c1-9-6-10(12(16)7-11(9)15)13(19)18-14(8-17)4-2-3-5-14/h6-7H,2-5H2,1H3,(H,18,19). The number of amides is 1. The number of nitrogens with one attached hydrogen (secondary N) is 1. The molecule has 5 heteroatoms. The van der Waals surface area contributed by atoms with E-state index in [9.17, 15) is 13.6 Å². The average molecular weight is 264 g/mol. The Labute approximate surface area is 110 Å². The van der Waals surface area contributed by atoms with Crippen molar-refractivity contribution >= 4 is 5.91 Å². The molecule has 1 amide bonds. The topological polar surface area (TPSA) is 52.9 Å². The van der Waals surface area contributed by atoms with Gasteiger partial charge in [0.05, 0.1) is 11.6 Å². The maximum Gasteiger partial charge on any atom is 0.255 e. The van der Waals surface area contributed by atoms with E-state index < -0.39 is 23.1 Å². The van der Waals surface area contributed by atoms with Crippen LogP contribution in [-0.2, 0) is 0 Å². The van der Waals surface area contributed by atoms with Gasteiger partial charge in [-0.15, -0.1) is 0 Å². The van der Waals surface area contributed by atoms with Crippen molar-refractivity contribution in [1.29, 1.82) is 5.26 Å². The Kier molecular flexibility index (Phi) is 3.52. The molecule has 1 saturated carbocycles. The fraction of sp³-hybridized carbons (Fsp3) is 0.429. The lowest BCUT2D eigenvalue weighted by molar-refractivity contribution is 0.0916. The highest BCUT2D eigenvalue weighted by atomic mass is 19.1. The Bertz CT molecular complexity index is 557. The number of nitrogens with zero attached hydrogens (tertiary/aromatic N) is 1. The number of aryl methyl sites for hydroxylation is 1. The number of hydrogen-bond acceptors (Lipinski definition) is 2. The molecular formula is C14H14F2N2O. The molecule has 0 aliphatic heterocycles. The van der Waals surface area contributed by atoms with Crippen molar-refractivity contribution in [3.63, 3.8) is 0 Å². The first kappa shape index (κ1) is 13.5. The van der Waals surface area contributed by atoms with Gasteiger partial charge >= 0.3 is 0 Å². The van der Waals surface area contributed by atoms with E-state index in [1.54, 1.807) is 0 Å². The molecule has 19 heavy (non-hydrogen) atoms.